The van der Waals surface area contributed by atoms with Gasteiger partial charge in [-0.2, -0.15) is 5.10 Å². The molecule has 3 heterocycles. The van der Waals surface area contributed by atoms with Crippen LogP contribution in [-0.2, 0) is 0 Å². The lowest BCUT2D eigenvalue weighted by molar-refractivity contribution is 0.343. The number of fused-ring (bicyclic) bond motifs is 1. The molecule has 0 bridgehead atoms. The molecule has 1 N–H and O–H groups in total. The maximum absolute atomic E-state index is 6.08. The summed E-state index contributed by atoms with van der Waals surface area (Å²) in [5.41, 5.74) is 4.13. The second kappa shape index (κ2) is 7.64. The third-order valence-corrected chi connectivity index (χ3v) is 5.52. The zero-order valence-electron chi connectivity index (χ0n) is 16.4. The van der Waals surface area contributed by atoms with E-state index in [1.165, 1.54) is 0 Å². The molecule has 0 aliphatic carbocycles. The molecule has 6 heteroatoms. The quantitative estimate of drug-likeness (QED) is 0.560. The molecule has 6 nitrogen and oxygen atoms in total. The summed E-state index contributed by atoms with van der Waals surface area (Å²) in [4.78, 5) is 8.82. The van der Waals surface area contributed by atoms with E-state index in [0.717, 1.165) is 59.3 Å². The smallest absolute Gasteiger partial charge is 0.230 e. The maximum atomic E-state index is 6.08. The second-order valence-electron chi connectivity index (χ2n) is 7.47. The zero-order valence-corrected chi connectivity index (χ0v) is 16.4. The lowest BCUT2D eigenvalue weighted by Crippen LogP contribution is -2.29. The van der Waals surface area contributed by atoms with Crippen LogP contribution in [0.2, 0.25) is 0 Å². The van der Waals surface area contributed by atoms with Crippen LogP contribution in [0.4, 0.5) is 0 Å². The van der Waals surface area contributed by atoms with Crippen LogP contribution in [0.5, 0.6) is 11.6 Å². The second-order valence-corrected chi connectivity index (χ2v) is 7.47. The number of ether oxygens (including phenoxy) is 1. The highest BCUT2D eigenvalue weighted by molar-refractivity contribution is 5.87. The van der Waals surface area contributed by atoms with E-state index >= 15 is 0 Å². The van der Waals surface area contributed by atoms with Gasteiger partial charge in [-0.05, 0) is 62.2 Å². The predicted molar refractivity (Wildman–Crippen MR) is 113 cm³/mol. The van der Waals surface area contributed by atoms with Crippen LogP contribution >= 0.6 is 0 Å². The first-order chi connectivity index (χ1) is 14.3. The van der Waals surface area contributed by atoms with Crippen molar-refractivity contribution in [3.05, 3.63) is 66.7 Å². The summed E-state index contributed by atoms with van der Waals surface area (Å²) < 4.78 is 8.18. The zero-order chi connectivity index (χ0) is 19.6. The average Bonchev–Trinajstić information content (AvgIpc) is 3.26. The number of para-hydroxylation sites is 1. The van der Waals surface area contributed by atoms with Crippen LogP contribution in [0.1, 0.15) is 24.4 Å². The molecule has 1 aliphatic heterocycles. The molecule has 5 rings (SSSR count). The van der Waals surface area contributed by atoms with Gasteiger partial charge in [-0.15, -0.1) is 0 Å². The van der Waals surface area contributed by atoms with Crippen molar-refractivity contribution in [1.29, 1.82) is 0 Å². The van der Waals surface area contributed by atoms with Gasteiger partial charge in [0.25, 0.3) is 0 Å². The van der Waals surface area contributed by atoms with Crippen molar-refractivity contribution in [1.82, 2.24) is 25.1 Å². The van der Waals surface area contributed by atoms with Crippen LogP contribution in [0, 0.1) is 6.92 Å². The summed E-state index contributed by atoms with van der Waals surface area (Å²) in [5.74, 6) is 1.38. The number of nitrogens with zero attached hydrogens (tertiary/aromatic N) is 4. The Kier molecular flexibility index (Phi) is 4.69. The van der Waals surface area contributed by atoms with Crippen molar-refractivity contribution in [2.75, 3.05) is 13.1 Å². The van der Waals surface area contributed by atoms with Crippen LogP contribution in [-0.4, -0.2) is 32.8 Å². The predicted octanol–water partition coefficient (Wildman–Crippen LogP) is 4.52. The van der Waals surface area contributed by atoms with Crippen molar-refractivity contribution in [2.24, 2.45) is 0 Å². The Morgan fingerprint density at radius 1 is 1.03 bits per heavy atom. The van der Waals surface area contributed by atoms with E-state index in [4.69, 9.17) is 4.74 Å². The van der Waals surface area contributed by atoms with Crippen molar-refractivity contribution in [3.8, 4) is 22.8 Å². The fraction of sp³-hybridized carbons (Fsp3) is 0.261. The van der Waals surface area contributed by atoms with Gasteiger partial charge in [0.2, 0.25) is 5.88 Å². The van der Waals surface area contributed by atoms with E-state index in [2.05, 4.69) is 43.4 Å². The Bertz CT molecular complexity index is 1150. The molecule has 0 spiro atoms. The van der Waals surface area contributed by atoms with Gasteiger partial charge in [0.05, 0.1) is 23.1 Å². The Balaban J connectivity index is 1.45. The lowest BCUT2D eigenvalue weighted by Gasteiger charge is -2.22. The normalized spacial score (nSPS) is 14.9. The molecule has 146 valence electrons. The largest absolute Gasteiger partial charge is 0.438 e. The van der Waals surface area contributed by atoms with Gasteiger partial charge >= 0.3 is 0 Å². The summed E-state index contributed by atoms with van der Waals surface area (Å²) in [6, 6.07) is 14.6. The Morgan fingerprint density at radius 3 is 2.76 bits per heavy atom. The highest BCUT2D eigenvalue weighted by atomic mass is 16.5. The SMILES string of the molecule is Cc1ccccc1Oc1ncnc2cc(-c3cnn(C4CCNCC4)c3)ccc12. The van der Waals surface area contributed by atoms with Gasteiger partial charge in [0.1, 0.15) is 12.1 Å². The maximum Gasteiger partial charge on any atom is 0.230 e. The first-order valence-electron chi connectivity index (χ1n) is 10.0. The molecular formula is C23H23N5O. The van der Waals surface area contributed by atoms with Crippen molar-refractivity contribution < 1.29 is 4.74 Å². The average molecular weight is 385 g/mol. The van der Waals surface area contributed by atoms with Gasteiger partial charge in [-0.1, -0.05) is 24.3 Å². The molecule has 0 saturated carbocycles. The fourth-order valence-corrected chi connectivity index (χ4v) is 3.83. The van der Waals surface area contributed by atoms with E-state index in [-0.39, 0.29) is 0 Å². The third kappa shape index (κ3) is 3.59. The number of rotatable bonds is 4. The Morgan fingerprint density at radius 2 is 1.90 bits per heavy atom. The monoisotopic (exact) mass is 385 g/mol. The molecule has 2 aromatic heterocycles. The number of benzene rings is 2. The van der Waals surface area contributed by atoms with E-state index in [9.17, 15) is 0 Å². The number of piperidine rings is 1. The molecule has 4 aromatic rings. The summed E-state index contributed by atoms with van der Waals surface area (Å²) in [6.45, 7) is 4.13. The topological polar surface area (TPSA) is 64.9 Å². The van der Waals surface area contributed by atoms with Crippen molar-refractivity contribution in [2.45, 2.75) is 25.8 Å². The fourth-order valence-electron chi connectivity index (χ4n) is 3.83. The Hall–Kier alpha value is -3.25. The molecule has 1 fully saturated rings. The molecule has 2 aromatic carbocycles. The molecule has 29 heavy (non-hydrogen) atoms. The number of nitrogens with one attached hydrogen (secondary N) is 1. The summed E-state index contributed by atoms with van der Waals surface area (Å²) in [5, 5.41) is 8.91. The van der Waals surface area contributed by atoms with Gasteiger partial charge in [0, 0.05) is 11.8 Å². The van der Waals surface area contributed by atoms with Crippen LogP contribution in [0.25, 0.3) is 22.0 Å². The minimum atomic E-state index is 0.474. The summed E-state index contributed by atoms with van der Waals surface area (Å²) in [7, 11) is 0. The molecule has 0 radical (unpaired) electrons. The molecule has 0 unspecified atom stereocenters. The van der Waals surface area contributed by atoms with Crippen molar-refractivity contribution >= 4 is 10.9 Å². The standard InChI is InChI=1S/C23H23N5O/c1-16-4-2-3-5-22(16)29-23-20-7-6-17(12-21(20)25-15-26-23)18-13-27-28(14-18)19-8-10-24-11-9-19/h2-7,12-15,19,24H,8-11H2,1H3. The molecule has 1 aliphatic rings. The number of aromatic nitrogens is 4. The first kappa shape index (κ1) is 17.8. The highest BCUT2D eigenvalue weighted by Crippen LogP contribution is 2.31. The number of aryl methyl sites for hydroxylation is 1. The molecule has 0 amide bonds. The minimum Gasteiger partial charge on any atom is -0.438 e. The molecular weight excluding hydrogens is 362 g/mol. The minimum absolute atomic E-state index is 0.474. The van der Waals surface area contributed by atoms with Crippen molar-refractivity contribution in [3.63, 3.8) is 0 Å². The lowest BCUT2D eigenvalue weighted by atomic mass is 10.1. The highest BCUT2D eigenvalue weighted by Gasteiger charge is 2.16. The van der Waals surface area contributed by atoms with Crippen LogP contribution < -0.4 is 10.1 Å². The summed E-state index contributed by atoms with van der Waals surface area (Å²) in [6.07, 6.45) is 7.87. The van der Waals surface area contributed by atoms with Gasteiger partial charge < -0.3 is 10.1 Å². The molecule has 0 atom stereocenters. The Labute approximate surface area is 169 Å². The number of hydrogen-bond donors (Lipinski definition) is 1. The van der Waals surface area contributed by atoms with Crippen LogP contribution in [0.15, 0.2) is 61.2 Å². The van der Waals surface area contributed by atoms with E-state index < -0.39 is 0 Å². The van der Waals surface area contributed by atoms with Gasteiger partial charge in [0.15, 0.2) is 0 Å². The van der Waals surface area contributed by atoms with E-state index in [0.29, 0.717) is 11.9 Å². The van der Waals surface area contributed by atoms with E-state index in [1.807, 2.05) is 43.5 Å². The van der Waals surface area contributed by atoms with Gasteiger partial charge in [-0.3, -0.25) is 4.68 Å². The van der Waals surface area contributed by atoms with E-state index in [1.54, 1.807) is 6.33 Å². The summed E-state index contributed by atoms with van der Waals surface area (Å²) >= 11 is 0. The third-order valence-electron chi connectivity index (χ3n) is 5.52. The number of hydrogen-bond acceptors (Lipinski definition) is 5. The molecule has 1 saturated heterocycles. The van der Waals surface area contributed by atoms with Crippen LogP contribution in [0.3, 0.4) is 0 Å². The first-order valence-corrected chi connectivity index (χ1v) is 10.0. The van der Waals surface area contributed by atoms with Gasteiger partial charge in [-0.25, -0.2) is 9.97 Å².